The highest BCUT2D eigenvalue weighted by atomic mass is 32.2. The van der Waals surface area contributed by atoms with Gasteiger partial charge in [-0.25, -0.2) is 8.42 Å². The molecule has 1 aromatic carbocycles. The number of nitrogens with one attached hydrogen (secondary N) is 1. The van der Waals surface area contributed by atoms with Gasteiger partial charge in [-0.3, -0.25) is 0 Å². The summed E-state index contributed by atoms with van der Waals surface area (Å²) in [6, 6.07) is 9.62. The van der Waals surface area contributed by atoms with Crippen molar-refractivity contribution in [3.8, 4) is 0 Å². The molecule has 1 aromatic rings. The molecule has 0 spiro atoms. The molecule has 1 saturated heterocycles. The van der Waals surface area contributed by atoms with Gasteiger partial charge in [-0.2, -0.15) is 0 Å². The largest absolute Gasteiger partial charge is 0.384 e. The summed E-state index contributed by atoms with van der Waals surface area (Å²) in [4.78, 5) is 0. The molecule has 5 heteroatoms. The predicted molar refractivity (Wildman–Crippen MR) is 72.6 cm³/mol. The van der Waals surface area contributed by atoms with E-state index in [4.69, 9.17) is 4.74 Å². The van der Waals surface area contributed by atoms with Crippen LogP contribution in [0.4, 0.5) is 5.69 Å². The van der Waals surface area contributed by atoms with Crippen molar-refractivity contribution in [2.45, 2.75) is 18.9 Å². The number of rotatable bonds is 6. The lowest BCUT2D eigenvalue weighted by atomic mass is 10.3. The third-order valence-corrected chi connectivity index (χ3v) is 4.69. The van der Waals surface area contributed by atoms with E-state index in [-0.39, 0.29) is 17.6 Å². The SMILES string of the molecule is O=S(=O)(CCNc1ccccc1)CC1CCCO1. The molecule has 0 amide bonds. The molecule has 1 fully saturated rings. The van der Waals surface area contributed by atoms with Crippen molar-refractivity contribution in [1.82, 2.24) is 0 Å². The number of sulfone groups is 1. The number of hydrogen-bond acceptors (Lipinski definition) is 4. The van der Waals surface area contributed by atoms with Crippen molar-refractivity contribution < 1.29 is 13.2 Å². The molecule has 1 N–H and O–H groups in total. The highest BCUT2D eigenvalue weighted by molar-refractivity contribution is 7.91. The van der Waals surface area contributed by atoms with Crippen molar-refractivity contribution >= 4 is 15.5 Å². The van der Waals surface area contributed by atoms with E-state index in [1.807, 2.05) is 30.3 Å². The normalized spacial score (nSPS) is 19.9. The van der Waals surface area contributed by atoms with Crippen LogP contribution in [0, 0.1) is 0 Å². The fourth-order valence-corrected chi connectivity index (χ4v) is 3.46. The third-order valence-electron chi connectivity index (χ3n) is 2.98. The first-order chi connectivity index (χ1) is 8.66. The van der Waals surface area contributed by atoms with Crippen LogP contribution in [-0.4, -0.2) is 39.2 Å². The van der Waals surface area contributed by atoms with E-state index in [1.54, 1.807) is 0 Å². The molecule has 1 aliphatic rings. The van der Waals surface area contributed by atoms with Crippen LogP contribution in [0.15, 0.2) is 30.3 Å². The molecular weight excluding hydrogens is 250 g/mol. The first kappa shape index (κ1) is 13.4. The molecule has 0 saturated carbocycles. The Morgan fingerprint density at radius 1 is 1.28 bits per heavy atom. The molecule has 1 aliphatic heterocycles. The lowest BCUT2D eigenvalue weighted by Gasteiger charge is -2.11. The predicted octanol–water partition coefficient (Wildman–Crippen LogP) is 1.69. The zero-order chi connectivity index (χ0) is 12.8. The molecular formula is C13H19NO3S. The lowest BCUT2D eigenvalue weighted by molar-refractivity contribution is 0.127. The van der Waals surface area contributed by atoms with Crippen LogP contribution in [0.5, 0.6) is 0 Å². The maximum absolute atomic E-state index is 11.9. The van der Waals surface area contributed by atoms with Crippen LogP contribution < -0.4 is 5.32 Å². The summed E-state index contributed by atoms with van der Waals surface area (Å²) in [6.07, 6.45) is 1.75. The number of para-hydroxylation sites is 1. The Bertz CT molecular complexity index is 452. The smallest absolute Gasteiger partial charge is 0.154 e. The van der Waals surface area contributed by atoms with Crippen molar-refractivity contribution in [3.05, 3.63) is 30.3 Å². The van der Waals surface area contributed by atoms with Gasteiger partial charge in [0.1, 0.15) is 0 Å². The first-order valence-corrected chi connectivity index (χ1v) is 8.09. The quantitative estimate of drug-likeness (QED) is 0.854. The summed E-state index contributed by atoms with van der Waals surface area (Å²) < 4.78 is 29.1. The Morgan fingerprint density at radius 2 is 2.06 bits per heavy atom. The van der Waals surface area contributed by atoms with Gasteiger partial charge in [0.2, 0.25) is 0 Å². The molecule has 0 aromatic heterocycles. The Labute approximate surface area is 108 Å². The summed E-state index contributed by atoms with van der Waals surface area (Å²) in [5, 5.41) is 3.11. The standard InChI is InChI=1S/C13H19NO3S/c15-18(16,11-13-7-4-9-17-13)10-8-14-12-5-2-1-3-6-12/h1-3,5-6,13-14H,4,7-11H2. The van der Waals surface area contributed by atoms with E-state index in [0.717, 1.165) is 18.5 Å². The van der Waals surface area contributed by atoms with Crippen LogP contribution in [0.25, 0.3) is 0 Å². The van der Waals surface area contributed by atoms with Crippen LogP contribution in [-0.2, 0) is 14.6 Å². The number of ether oxygens (including phenoxy) is 1. The van der Waals surface area contributed by atoms with Gasteiger partial charge in [0.25, 0.3) is 0 Å². The monoisotopic (exact) mass is 269 g/mol. The third kappa shape index (κ3) is 4.31. The van der Waals surface area contributed by atoms with E-state index in [2.05, 4.69) is 5.32 Å². The van der Waals surface area contributed by atoms with Gasteiger partial charge in [0.15, 0.2) is 9.84 Å². The van der Waals surface area contributed by atoms with E-state index in [9.17, 15) is 8.42 Å². The van der Waals surface area contributed by atoms with Gasteiger partial charge in [0, 0.05) is 18.8 Å². The van der Waals surface area contributed by atoms with E-state index in [1.165, 1.54) is 0 Å². The zero-order valence-corrected chi connectivity index (χ0v) is 11.2. The number of benzene rings is 1. The average Bonchev–Trinajstić information content (AvgIpc) is 2.82. The van der Waals surface area contributed by atoms with Gasteiger partial charge in [-0.05, 0) is 25.0 Å². The van der Waals surface area contributed by atoms with Gasteiger partial charge in [0.05, 0.1) is 17.6 Å². The minimum absolute atomic E-state index is 0.0910. The second-order valence-corrected chi connectivity index (χ2v) is 6.77. The van der Waals surface area contributed by atoms with Crippen molar-refractivity contribution in [1.29, 1.82) is 0 Å². The second-order valence-electron chi connectivity index (χ2n) is 4.54. The summed E-state index contributed by atoms with van der Waals surface area (Å²) in [5.74, 6) is 0.311. The molecule has 1 unspecified atom stereocenters. The van der Waals surface area contributed by atoms with Crippen LogP contribution >= 0.6 is 0 Å². The highest BCUT2D eigenvalue weighted by Gasteiger charge is 2.22. The van der Waals surface area contributed by atoms with Crippen molar-refractivity contribution in [2.24, 2.45) is 0 Å². The molecule has 4 nitrogen and oxygen atoms in total. The zero-order valence-electron chi connectivity index (χ0n) is 10.3. The Hall–Kier alpha value is -1.07. The van der Waals surface area contributed by atoms with Crippen LogP contribution in [0.1, 0.15) is 12.8 Å². The first-order valence-electron chi connectivity index (χ1n) is 6.27. The highest BCUT2D eigenvalue weighted by Crippen LogP contribution is 2.14. The van der Waals surface area contributed by atoms with Crippen molar-refractivity contribution in [3.63, 3.8) is 0 Å². The molecule has 1 heterocycles. The Morgan fingerprint density at radius 3 is 2.72 bits per heavy atom. The molecule has 1 atom stereocenters. The fourth-order valence-electron chi connectivity index (χ4n) is 2.05. The summed E-state index contributed by atoms with van der Waals surface area (Å²) in [5.41, 5.74) is 0.949. The Kier molecular flexibility index (Phi) is 4.60. The molecule has 2 rings (SSSR count). The minimum atomic E-state index is -3.02. The van der Waals surface area contributed by atoms with Gasteiger partial charge in [-0.15, -0.1) is 0 Å². The van der Waals surface area contributed by atoms with E-state index in [0.29, 0.717) is 13.2 Å². The average molecular weight is 269 g/mol. The maximum Gasteiger partial charge on any atom is 0.154 e. The van der Waals surface area contributed by atoms with Crippen LogP contribution in [0.3, 0.4) is 0 Å². The number of hydrogen-bond donors (Lipinski definition) is 1. The molecule has 0 radical (unpaired) electrons. The number of anilines is 1. The topological polar surface area (TPSA) is 55.4 Å². The molecule has 100 valence electrons. The van der Waals surface area contributed by atoms with E-state index >= 15 is 0 Å². The van der Waals surface area contributed by atoms with Gasteiger partial charge >= 0.3 is 0 Å². The summed E-state index contributed by atoms with van der Waals surface area (Å²) in [6.45, 7) is 1.14. The summed E-state index contributed by atoms with van der Waals surface area (Å²) in [7, 11) is -3.02. The van der Waals surface area contributed by atoms with Gasteiger partial charge in [-0.1, -0.05) is 18.2 Å². The molecule has 18 heavy (non-hydrogen) atoms. The van der Waals surface area contributed by atoms with E-state index < -0.39 is 9.84 Å². The van der Waals surface area contributed by atoms with Crippen molar-refractivity contribution in [2.75, 3.05) is 30.0 Å². The molecule has 0 bridgehead atoms. The lowest BCUT2D eigenvalue weighted by Crippen LogP contribution is -2.25. The van der Waals surface area contributed by atoms with Crippen LogP contribution in [0.2, 0.25) is 0 Å². The summed E-state index contributed by atoms with van der Waals surface area (Å²) >= 11 is 0. The second kappa shape index (κ2) is 6.20. The Balaban J connectivity index is 1.75. The minimum Gasteiger partial charge on any atom is -0.384 e. The molecule has 0 aliphatic carbocycles. The van der Waals surface area contributed by atoms with Gasteiger partial charge < -0.3 is 10.1 Å². The maximum atomic E-state index is 11.9. The fraction of sp³-hybridized carbons (Fsp3) is 0.538.